The van der Waals surface area contributed by atoms with E-state index in [-0.39, 0.29) is 22.6 Å². The molecule has 0 aromatic carbocycles. The average Bonchev–Trinajstić information content (AvgIpc) is 2.74. The van der Waals surface area contributed by atoms with Crippen LogP contribution in [-0.4, -0.2) is 34.1 Å². The second kappa shape index (κ2) is 6.28. The molecule has 18 heavy (non-hydrogen) atoms. The molecular formula is C10H16N2O4S2. The van der Waals surface area contributed by atoms with Crippen molar-refractivity contribution in [1.82, 2.24) is 5.32 Å². The quantitative estimate of drug-likeness (QED) is 0.776. The standard InChI is InChI=1S/C10H16N2O4S2/c1-7(16-2)6-12-9(13)5-8-3-4-10(17-8)18(11,14)15/h3-4,7H,5-6H2,1-2H3,(H,12,13)(H2,11,14,15). The summed E-state index contributed by atoms with van der Waals surface area (Å²) in [5.74, 6) is -0.179. The zero-order chi connectivity index (χ0) is 13.8. The Bertz CT molecular complexity index is 510. The first-order valence-electron chi connectivity index (χ1n) is 5.24. The first-order valence-corrected chi connectivity index (χ1v) is 7.60. The van der Waals surface area contributed by atoms with Crippen molar-refractivity contribution in [3.63, 3.8) is 0 Å². The van der Waals surface area contributed by atoms with Crippen molar-refractivity contribution in [3.05, 3.63) is 17.0 Å². The summed E-state index contributed by atoms with van der Waals surface area (Å²) >= 11 is 1.00. The highest BCUT2D eigenvalue weighted by atomic mass is 32.2. The maximum atomic E-state index is 11.6. The van der Waals surface area contributed by atoms with Crippen molar-refractivity contribution in [2.45, 2.75) is 23.7 Å². The van der Waals surface area contributed by atoms with Crippen molar-refractivity contribution in [2.75, 3.05) is 13.7 Å². The van der Waals surface area contributed by atoms with E-state index in [2.05, 4.69) is 5.32 Å². The topological polar surface area (TPSA) is 98.5 Å². The van der Waals surface area contributed by atoms with Crippen LogP contribution in [-0.2, 0) is 26.0 Å². The second-order valence-electron chi connectivity index (χ2n) is 3.79. The van der Waals surface area contributed by atoms with Crippen LogP contribution in [0.2, 0.25) is 0 Å². The van der Waals surface area contributed by atoms with Gasteiger partial charge in [-0.3, -0.25) is 4.79 Å². The molecule has 0 saturated heterocycles. The van der Waals surface area contributed by atoms with E-state index in [0.717, 1.165) is 11.3 Å². The van der Waals surface area contributed by atoms with Crippen LogP contribution in [0.25, 0.3) is 0 Å². The number of primary sulfonamides is 1. The Hall–Kier alpha value is -0.960. The zero-order valence-corrected chi connectivity index (χ0v) is 11.8. The third kappa shape index (κ3) is 4.73. The molecule has 1 rings (SSSR count). The Labute approximate surface area is 110 Å². The summed E-state index contributed by atoms with van der Waals surface area (Å²) < 4.78 is 27.2. The van der Waals surface area contributed by atoms with Crippen molar-refractivity contribution >= 4 is 27.3 Å². The van der Waals surface area contributed by atoms with E-state index in [1.165, 1.54) is 6.07 Å². The predicted molar refractivity (Wildman–Crippen MR) is 68.9 cm³/mol. The van der Waals surface area contributed by atoms with E-state index in [9.17, 15) is 13.2 Å². The molecule has 1 heterocycles. The number of carbonyl (C=O) groups is 1. The van der Waals surface area contributed by atoms with Crippen LogP contribution in [0.3, 0.4) is 0 Å². The minimum absolute atomic E-state index is 0.0581. The summed E-state index contributed by atoms with van der Waals surface area (Å²) in [6, 6.07) is 2.99. The molecule has 1 unspecified atom stereocenters. The van der Waals surface area contributed by atoms with Gasteiger partial charge in [0, 0.05) is 18.5 Å². The van der Waals surface area contributed by atoms with Gasteiger partial charge in [-0.05, 0) is 19.1 Å². The fourth-order valence-corrected chi connectivity index (χ4v) is 2.95. The van der Waals surface area contributed by atoms with Gasteiger partial charge in [-0.25, -0.2) is 13.6 Å². The Morgan fingerprint density at radius 2 is 2.22 bits per heavy atom. The molecule has 3 N–H and O–H groups in total. The minimum Gasteiger partial charge on any atom is -0.380 e. The average molecular weight is 292 g/mol. The summed E-state index contributed by atoms with van der Waals surface area (Å²) in [5, 5.41) is 7.67. The van der Waals surface area contributed by atoms with Crippen LogP contribution < -0.4 is 10.5 Å². The molecule has 1 atom stereocenters. The number of sulfonamides is 1. The molecule has 1 amide bonds. The summed E-state index contributed by atoms with van der Waals surface area (Å²) in [4.78, 5) is 12.2. The number of rotatable bonds is 6. The van der Waals surface area contributed by atoms with E-state index in [1.54, 1.807) is 13.2 Å². The maximum absolute atomic E-state index is 11.6. The highest BCUT2D eigenvalue weighted by Crippen LogP contribution is 2.20. The lowest BCUT2D eigenvalue weighted by molar-refractivity contribution is -0.120. The van der Waals surface area contributed by atoms with Crippen LogP contribution in [0.15, 0.2) is 16.3 Å². The van der Waals surface area contributed by atoms with E-state index >= 15 is 0 Å². The van der Waals surface area contributed by atoms with Crippen LogP contribution in [0, 0.1) is 0 Å². The Balaban J connectivity index is 2.53. The monoisotopic (exact) mass is 292 g/mol. The molecule has 0 aliphatic heterocycles. The minimum atomic E-state index is -3.68. The molecule has 6 nitrogen and oxygen atoms in total. The van der Waals surface area contributed by atoms with Gasteiger partial charge in [0.25, 0.3) is 0 Å². The number of thiophene rings is 1. The van der Waals surface area contributed by atoms with Crippen molar-refractivity contribution < 1.29 is 17.9 Å². The van der Waals surface area contributed by atoms with Crippen LogP contribution in [0.5, 0.6) is 0 Å². The summed E-state index contributed by atoms with van der Waals surface area (Å²) in [6.45, 7) is 2.26. The first kappa shape index (κ1) is 15.1. The number of hydrogen-bond donors (Lipinski definition) is 2. The third-order valence-electron chi connectivity index (χ3n) is 2.24. The Morgan fingerprint density at radius 1 is 1.56 bits per heavy atom. The summed E-state index contributed by atoms with van der Waals surface area (Å²) in [7, 11) is -2.12. The van der Waals surface area contributed by atoms with E-state index < -0.39 is 10.0 Å². The molecule has 0 saturated carbocycles. The molecule has 0 aliphatic carbocycles. The van der Waals surface area contributed by atoms with Crippen LogP contribution in [0.4, 0.5) is 0 Å². The molecule has 8 heteroatoms. The highest BCUT2D eigenvalue weighted by Gasteiger charge is 2.13. The molecule has 0 fully saturated rings. The number of amides is 1. The SMILES string of the molecule is COC(C)CNC(=O)Cc1ccc(S(N)(=O)=O)s1. The van der Waals surface area contributed by atoms with Crippen LogP contribution in [0.1, 0.15) is 11.8 Å². The summed E-state index contributed by atoms with van der Waals surface area (Å²) in [5.41, 5.74) is 0. The van der Waals surface area contributed by atoms with Crippen molar-refractivity contribution in [1.29, 1.82) is 0 Å². The molecular weight excluding hydrogens is 276 g/mol. The number of nitrogens with two attached hydrogens (primary N) is 1. The second-order valence-corrected chi connectivity index (χ2v) is 6.75. The molecule has 1 aromatic heterocycles. The van der Waals surface area contributed by atoms with Gasteiger partial charge in [0.1, 0.15) is 4.21 Å². The molecule has 1 aromatic rings. The van der Waals surface area contributed by atoms with Gasteiger partial charge in [0.05, 0.1) is 12.5 Å². The zero-order valence-electron chi connectivity index (χ0n) is 10.2. The molecule has 0 radical (unpaired) electrons. The fourth-order valence-electron chi connectivity index (χ4n) is 1.17. The fraction of sp³-hybridized carbons (Fsp3) is 0.500. The predicted octanol–water partition coefficient (Wildman–Crippen LogP) is 0.0891. The Kier molecular flexibility index (Phi) is 5.27. The van der Waals surface area contributed by atoms with Gasteiger partial charge in [-0.15, -0.1) is 11.3 Å². The highest BCUT2D eigenvalue weighted by molar-refractivity contribution is 7.91. The number of methoxy groups -OCH3 is 1. The van der Waals surface area contributed by atoms with Crippen LogP contribution >= 0.6 is 11.3 Å². The largest absolute Gasteiger partial charge is 0.380 e. The number of carbonyl (C=O) groups excluding carboxylic acids is 1. The number of hydrogen-bond acceptors (Lipinski definition) is 5. The lowest BCUT2D eigenvalue weighted by Gasteiger charge is -2.10. The third-order valence-corrected chi connectivity index (χ3v) is 4.76. The first-order chi connectivity index (χ1) is 8.32. The molecule has 102 valence electrons. The van der Waals surface area contributed by atoms with E-state index in [0.29, 0.717) is 11.4 Å². The van der Waals surface area contributed by atoms with Gasteiger partial charge >= 0.3 is 0 Å². The lowest BCUT2D eigenvalue weighted by Crippen LogP contribution is -2.32. The van der Waals surface area contributed by atoms with E-state index in [1.807, 2.05) is 6.92 Å². The maximum Gasteiger partial charge on any atom is 0.247 e. The smallest absolute Gasteiger partial charge is 0.247 e. The molecule has 0 bridgehead atoms. The van der Waals surface area contributed by atoms with Gasteiger partial charge in [0.15, 0.2) is 0 Å². The lowest BCUT2D eigenvalue weighted by atomic mass is 10.3. The normalized spacial score (nSPS) is 13.3. The molecule has 0 aliphatic rings. The van der Waals surface area contributed by atoms with Gasteiger partial charge < -0.3 is 10.1 Å². The number of nitrogens with one attached hydrogen (secondary N) is 1. The molecule has 0 spiro atoms. The van der Waals surface area contributed by atoms with Crippen molar-refractivity contribution in [2.24, 2.45) is 5.14 Å². The van der Waals surface area contributed by atoms with Gasteiger partial charge in [-0.1, -0.05) is 0 Å². The van der Waals surface area contributed by atoms with E-state index in [4.69, 9.17) is 9.88 Å². The summed E-state index contributed by atoms with van der Waals surface area (Å²) in [6.07, 6.45) is 0.0774. The van der Waals surface area contributed by atoms with Crippen molar-refractivity contribution in [3.8, 4) is 0 Å². The van der Waals surface area contributed by atoms with Gasteiger partial charge in [0.2, 0.25) is 15.9 Å². The Morgan fingerprint density at radius 3 is 2.72 bits per heavy atom. The van der Waals surface area contributed by atoms with Gasteiger partial charge in [-0.2, -0.15) is 0 Å². The number of ether oxygens (including phenoxy) is 1.